The molecule has 0 bridgehead atoms. The van der Waals surface area contributed by atoms with Gasteiger partial charge in [0, 0.05) is 6.42 Å². The molecule has 1 aromatic heterocycles. The van der Waals surface area contributed by atoms with E-state index in [0.717, 1.165) is 13.1 Å². The molecular formula is C8H12F3N3O. The van der Waals surface area contributed by atoms with Crippen LogP contribution < -0.4 is 5.32 Å². The molecule has 0 spiro atoms. The number of alkyl halides is 3. The van der Waals surface area contributed by atoms with Gasteiger partial charge in [0.25, 0.3) is 0 Å². The maximum atomic E-state index is 12.0. The van der Waals surface area contributed by atoms with E-state index in [0.29, 0.717) is 12.8 Å². The van der Waals surface area contributed by atoms with Gasteiger partial charge in [0.15, 0.2) is 0 Å². The molecule has 0 radical (unpaired) electrons. The Kier molecular flexibility index (Phi) is 4.07. The van der Waals surface area contributed by atoms with E-state index in [1.165, 1.54) is 0 Å². The van der Waals surface area contributed by atoms with E-state index in [-0.39, 0.29) is 5.89 Å². The van der Waals surface area contributed by atoms with Gasteiger partial charge in [-0.05, 0) is 19.5 Å². The summed E-state index contributed by atoms with van der Waals surface area (Å²) in [7, 11) is 0. The highest BCUT2D eigenvalue weighted by Gasteiger charge is 2.37. The van der Waals surface area contributed by atoms with E-state index in [1.54, 1.807) is 0 Å². The third kappa shape index (κ3) is 3.86. The first kappa shape index (κ1) is 12.0. The Labute approximate surface area is 84.9 Å². The molecule has 0 unspecified atom stereocenters. The average Bonchev–Trinajstić information content (AvgIpc) is 2.60. The summed E-state index contributed by atoms with van der Waals surface area (Å²) in [5.41, 5.74) is 0. The number of nitrogens with zero attached hydrogens (tertiary/aromatic N) is 2. The zero-order chi connectivity index (χ0) is 11.3. The standard InChI is InChI=1S/C8H12F3N3O/c1-2-12-5-3-4-6-13-14-7(15-6)8(9,10)11/h12H,2-5H2,1H3. The lowest BCUT2D eigenvalue weighted by Gasteiger charge is -1.98. The van der Waals surface area contributed by atoms with Crippen molar-refractivity contribution in [3.8, 4) is 0 Å². The van der Waals surface area contributed by atoms with Crippen molar-refractivity contribution in [1.29, 1.82) is 0 Å². The Morgan fingerprint density at radius 2 is 2.07 bits per heavy atom. The van der Waals surface area contributed by atoms with E-state index in [1.807, 2.05) is 6.92 Å². The normalized spacial score (nSPS) is 12.0. The van der Waals surface area contributed by atoms with Gasteiger partial charge in [-0.25, -0.2) is 0 Å². The zero-order valence-corrected chi connectivity index (χ0v) is 8.26. The van der Waals surface area contributed by atoms with Crippen LogP contribution in [0.2, 0.25) is 0 Å². The van der Waals surface area contributed by atoms with Crippen LogP contribution in [0.15, 0.2) is 4.42 Å². The van der Waals surface area contributed by atoms with Gasteiger partial charge in [0.1, 0.15) is 0 Å². The van der Waals surface area contributed by atoms with Crippen LogP contribution in [0.3, 0.4) is 0 Å². The summed E-state index contributed by atoms with van der Waals surface area (Å²) < 4.78 is 40.6. The van der Waals surface area contributed by atoms with Gasteiger partial charge >= 0.3 is 12.1 Å². The molecule has 0 aliphatic heterocycles. The summed E-state index contributed by atoms with van der Waals surface area (Å²) >= 11 is 0. The predicted octanol–water partition coefficient (Wildman–Crippen LogP) is 1.63. The molecule has 0 aliphatic carbocycles. The van der Waals surface area contributed by atoms with E-state index in [2.05, 4.69) is 19.9 Å². The van der Waals surface area contributed by atoms with Crippen molar-refractivity contribution in [3.63, 3.8) is 0 Å². The van der Waals surface area contributed by atoms with Crippen LogP contribution in [-0.4, -0.2) is 23.3 Å². The lowest BCUT2D eigenvalue weighted by atomic mass is 10.3. The Morgan fingerprint density at radius 1 is 1.33 bits per heavy atom. The number of nitrogens with one attached hydrogen (secondary N) is 1. The highest BCUT2D eigenvalue weighted by atomic mass is 19.4. The number of aromatic nitrogens is 2. The molecule has 4 nitrogen and oxygen atoms in total. The number of hydrogen-bond donors (Lipinski definition) is 1. The zero-order valence-electron chi connectivity index (χ0n) is 8.26. The summed E-state index contributed by atoms with van der Waals surface area (Å²) in [6, 6.07) is 0. The maximum absolute atomic E-state index is 12.0. The number of hydrogen-bond acceptors (Lipinski definition) is 4. The molecule has 1 heterocycles. The van der Waals surface area contributed by atoms with Gasteiger partial charge in [0.05, 0.1) is 0 Å². The summed E-state index contributed by atoms with van der Waals surface area (Å²) in [6.07, 6.45) is -3.52. The van der Waals surface area contributed by atoms with Gasteiger partial charge in [-0.3, -0.25) is 0 Å². The molecule has 0 fully saturated rings. The van der Waals surface area contributed by atoms with Gasteiger partial charge in [-0.1, -0.05) is 6.92 Å². The fraction of sp³-hybridized carbons (Fsp3) is 0.750. The van der Waals surface area contributed by atoms with Gasteiger partial charge in [-0.15, -0.1) is 10.2 Å². The summed E-state index contributed by atoms with van der Waals surface area (Å²) in [5, 5.41) is 9.28. The Morgan fingerprint density at radius 3 is 2.60 bits per heavy atom. The number of rotatable bonds is 5. The first-order valence-corrected chi connectivity index (χ1v) is 4.64. The fourth-order valence-electron chi connectivity index (χ4n) is 1.01. The molecule has 1 aromatic rings. The van der Waals surface area contributed by atoms with Crippen molar-refractivity contribution < 1.29 is 17.6 Å². The van der Waals surface area contributed by atoms with Crippen molar-refractivity contribution in [2.24, 2.45) is 0 Å². The number of aryl methyl sites for hydroxylation is 1. The van der Waals surface area contributed by atoms with Crippen molar-refractivity contribution in [3.05, 3.63) is 11.8 Å². The van der Waals surface area contributed by atoms with Gasteiger partial charge < -0.3 is 9.73 Å². The SMILES string of the molecule is CCNCCCc1nnc(C(F)(F)F)o1. The molecule has 0 amide bonds. The lowest BCUT2D eigenvalue weighted by Crippen LogP contribution is -2.14. The second-order valence-corrected chi connectivity index (χ2v) is 2.96. The molecule has 0 saturated carbocycles. The van der Waals surface area contributed by atoms with Crippen molar-refractivity contribution in [2.45, 2.75) is 25.9 Å². The maximum Gasteiger partial charge on any atom is 0.470 e. The van der Waals surface area contributed by atoms with Crippen LogP contribution >= 0.6 is 0 Å². The summed E-state index contributed by atoms with van der Waals surface area (Å²) in [6.45, 7) is 3.51. The topological polar surface area (TPSA) is 51.0 Å². The van der Waals surface area contributed by atoms with Crippen molar-refractivity contribution in [1.82, 2.24) is 15.5 Å². The fourth-order valence-corrected chi connectivity index (χ4v) is 1.01. The quantitative estimate of drug-likeness (QED) is 0.771. The molecule has 1 rings (SSSR count). The van der Waals surface area contributed by atoms with Crippen molar-refractivity contribution >= 4 is 0 Å². The molecule has 7 heteroatoms. The second kappa shape index (κ2) is 5.11. The lowest BCUT2D eigenvalue weighted by molar-refractivity contribution is -0.157. The molecule has 0 atom stereocenters. The second-order valence-electron chi connectivity index (χ2n) is 2.96. The largest absolute Gasteiger partial charge is 0.470 e. The van der Waals surface area contributed by atoms with Crippen LogP contribution in [0.1, 0.15) is 25.1 Å². The van der Waals surface area contributed by atoms with E-state index in [9.17, 15) is 13.2 Å². The highest BCUT2D eigenvalue weighted by Crippen LogP contribution is 2.27. The van der Waals surface area contributed by atoms with Crippen LogP contribution in [0.25, 0.3) is 0 Å². The molecule has 86 valence electrons. The third-order valence-corrected chi connectivity index (χ3v) is 1.70. The Hall–Kier alpha value is -1.11. The Bertz CT molecular complexity index is 298. The monoisotopic (exact) mass is 223 g/mol. The minimum absolute atomic E-state index is 0.0280. The third-order valence-electron chi connectivity index (χ3n) is 1.70. The molecular weight excluding hydrogens is 211 g/mol. The molecule has 1 N–H and O–H groups in total. The summed E-state index contributed by atoms with van der Waals surface area (Å²) in [5.74, 6) is -1.25. The minimum atomic E-state index is -4.55. The highest BCUT2D eigenvalue weighted by molar-refractivity contribution is 4.86. The van der Waals surface area contributed by atoms with E-state index >= 15 is 0 Å². The first-order valence-electron chi connectivity index (χ1n) is 4.64. The minimum Gasteiger partial charge on any atom is -0.417 e. The summed E-state index contributed by atoms with van der Waals surface area (Å²) in [4.78, 5) is 0. The molecule has 0 saturated heterocycles. The molecule has 0 aromatic carbocycles. The number of halogens is 3. The van der Waals surface area contributed by atoms with Crippen LogP contribution in [0.5, 0.6) is 0 Å². The van der Waals surface area contributed by atoms with Crippen molar-refractivity contribution in [2.75, 3.05) is 13.1 Å². The average molecular weight is 223 g/mol. The van der Waals surface area contributed by atoms with Gasteiger partial charge in [0.2, 0.25) is 5.89 Å². The molecule has 15 heavy (non-hydrogen) atoms. The predicted molar refractivity (Wildman–Crippen MR) is 46.2 cm³/mol. The Balaban J connectivity index is 2.40. The smallest absolute Gasteiger partial charge is 0.417 e. The first-order chi connectivity index (χ1) is 7.04. The molecule has 0 aliphatic rings. The van der Waals surface area contributed by atoms with Crippen LogP contribution in [0, 0.1) is 0 Å². The van der Waals surface area contributed by atoms with Gasteiger partial charge in [-0.2, -0.15) is 13.2 Å². The van der Waals surface area contributed by atoms with E-state index in [4.69, 9.17) is 0 Å². The van der Waals surface area contributed by atoms with E-state index < -0.39 is 12.1 Å². The van der Waals surface area contributed by atoms with Crippen LogP contribution in [-0.2, 0) is 12.6 Å². The van der Waals surface area contributed by atoms with Crippen LogP contribution in [0.4, 0.5) is 13.2 Å².